The molecular formula is C16H20O4. The van der Waals surface area contributed by atoms with Gasteiger partial charge in [-0.1, -0.05) is 30.3 Å². The van der Waals surface area contributed by atoms with E-state index < -0.39 is 11.9 Å². The van der Waals surface area contributed by atoms with Crippen LogP contribution >= 0.6 is 0 Å². The summed E-state index contributed by atoms with van der Waals surface area (Å²) in [6.07, 6.45) is 0.976. The monoisotopic (exact) mass is 276 g/mol. The SMILES string of the molecule is COC(=O)[C@H]1C(=O)CC[C@@H]1[C@@H](C)OCc1ccccc1. The van der Waals surface area contributed by atoms with Crippen molar-refractivity contribution in [3.8, 4) is 0 Å². The number of hydrogen-bond acceptors (Lipinski definition) is 4. The summed E-state index contributed by atoms with van der Waals surface area (Å²) < 4.78 is 10.6. The molecule has 1 aliphatic carbocycles. The van der Waals surface area contributed by atoms with E-state index in [0.29, 0.717) is 19.4 Å². The zero-order valence-corrected chi connectivity index (χ0v) is 11.9. The Balaban J connectivity index is 1.96. The molecule has 0 saturated heterocycles. The van der Waals surface area contributed by atoms with Crippen molar-refractivity contribution in [3.63, 3.8) is 0 Å². The molecule has 0 aliphatic heterocycles. The maximum Gasteiger partial charge on any atom is 0.316 e. The average Bonchev–Trinajstić information content (AvgIpc) is 2.87. The minimum atomic E-state index is -0.661. The number of ketones is 1. The van der Waals surface area contributed by atoms with Gasteiger partial charge >= 0.3 is 5.97 Å². The van der Waals surface area contributed by atoms with Gasteiger partial charge in [0.25, 0.3) is 0 Å². The molecule has 1 aliphatic rings. The van der Waals surface area contributed by atoms with Gasteiger partial charge in [-0.05, 0) is 18.9 Å². The molecule has 4 heteroatoms. The molecule has 0 radical (unpaired) electrons. The first-order valence-electron chi connectivity index (χ1n) is 6.89. The number of benzene rings is 1. The zero-order chi connectivity index (χ0) is 14.5. The molecular weight excluding hydrogens is 256 g/mol. The van der Waals surface area contributed by atoms with Gasteiger partial charge in [0.05, 0.1) is 19.8 Å². The van der Waals surface area contributed by atoms with Crippen LogP contribution in [0.5, 0.6) is 0 Å². The lowest BCUT2D eigenvalue weighted by atomic mass is 9.91. The standard InChI is InChI=1S/C16H20O4/c1-11(20-10-12-6-4-3-5-7-12)13-8-9-14(17)15(13)16(18)19-2/h3-7,11,13,15H,8-10H2,1-2H3/t11-,13-,15-/m1/s1. The van der Waals surface area contributed by atoms with Crippen molar-refractivity contribution in [2.75, 3.05) is 7.11 Å². The molecule has 0 spiro atoms. The lowest BCUT2D eigenvalue weighted by Crippen LogP contribution is -2.33. The summed E-state index contributed by atoms with van der Waals surface area (Å²) in [5.74, 6) is -1.21. The second kappa shape index (κ2) is 6.66. The average molecular weight is 276 g/mol. The minimum absolute atomic E-state index is 0.0305. The maximum atomic E-state index is 11.8. The lowest BCUT2D eigenvalue weighted by Gasteiger charge is -2.23. The van der Waals surface area contributed by atoms with Gasteiger partial charge in [-0.3, -0.25) is 9.59 Å². The fraction of sp³-hybridized carbons (Fsp3) is 0.500. The Hall–Kier alpha value is -1.68. The van der Waals surface area contributed by atoms with Crippen LogP contribution in [0.4, 0.5) is 0 Å². The predicted molar refractivity (Wildman–Crippen MR) is 73.9 cm³/mol. The highest BCUT2D eigenvalue weighted by molar-refractivity contribution is 6.00. The molecule has 0 amide bonds. The number of Topliss-reactive ketones (excluding diaryl/α,β-unsaturated/α-hetero) is 1. The van der Waals surface area contributed by atoms with E-state index in [1.807, 2.05) is 37.3 Å². The van der Waals surface area contributed by atoms with E-state index in [1.165, 1.54) is 7.11 Å². The van der Waals surface area contributed by atoms with Crippen molar-refractivity contribution in [3.05, 3.63) is 35.9 Å². The summed E-state index contributed by atoms with van der Waals surface area (Å²) in [7, 11) is 1.32. The van der Waals surface area contributed by atoms with E-state index in [0.717, 1.165) is 5.56 Å². The van der Waals surface area contributed by atoms with Crippen LogP contribution in [0.15, 0.2) is 30.3 Å². The molecule has 1 fully saturated rings. The summed E-state index contributed by atoms with van der Waals surface area (Å²) in [5.41, 5.74) is 1.08. The van der Waals surface area contributed by atoms with Gasteiger partial charge in [0.15, 0.2) is 0 Å². The van der Waals surface area contributed by atoms with Crippen LogP contribution in [-0.4, -0.2) is 25.0 Å². The number of hydrogen-bond donors (Lipinski definition) is 0. The molecule has 1 saturated carbocycles. The second-order valence-electron chi connectivity index (χ2n) is 5.17. The predicted octanol–water partition coefficient (Wildman–Crippen LogP) is 2.36. The molecule has 0 aromatic heterocycles. The minimum Gasteiger partial charge on any atom is -0.468 e. The largest absolute Gasteiger partial charge is 0.468 e. The summed E-state index contributed by atoms with van der Waals surface area (Å²) in [6.45, 7) is 2.41. The van der Waals surface area contributed by atoms with Crippen LogP contribution in [0.2, 0.25) is 0 Å². The summed E-state index contributed by atoms with van der Waals surface area (Å²) >= 11 is 0. The van der Waals surface area contributed by atoms with Crippen LogP contribution < -0.4 is 0 Å². The highest BCUT2D eigenvalue weighted by atomic mass is 16.5. The summed E-state index contributed by atoms with van der Waals surface area (Å²) in [4.78, 5) is 23.5. The first-order chi connectivity index (χ1) is 9.63. The van der Waals surface area contributed by atoms with Crippen molar-refractivity contribution in [1.29, 1.82) is 0 Å². The molecule has 0 unspecified atom stereocenters. The molecule has 108 valence electrons. The Bertz CT molecular complexity index is 469. The van der Waals surface area contributed by atoms with Crippen molar-refractivity contribution < 1.29 is 19.1 Å². The highest BCUT2D eigenvalue weighted by Gasteiger charge is 2.43. The number of esters is 1. The first-order valence-corrected chi connectivity index (χ1v) is 6.89. The molecule has 4 nitrogen and oxygen atoms in total. The highest BCUT2D eigenvalue weighted by Crippen LogP contribution is 2.33. The third-order valence-electron chi connectivity index (χ3n) is 3.91. The van der Waals surface area contributed by atoms with Crippen LogP contribution in [0, 0.1) is 11.8 Å². The number of ether oxygens (including phenoxy) is 2. The molecule has 3 atom stereocenters. The van der Waals surface area contributed by atoms with E-state index in [2.05, 4.69) is 0 Å². The number of carbonyl (C=O) groups is 2. The van der Waals surface area contributed by atoms with Gasteiger partial charge < -0.3 is 9.47 Å². The third kappa shape index (κ3) is 3.25. The van der Waals surface area contributed by atoms with Crippen LogP contribution in [0.3, 0.4) is 0 Å². The van der Waals surface area contributed by atoms with Crippen molar-refractivity contribution in [1.82, 2.24) is 0 Å². The molecule has 0 bridgehead atoms. The summed E-state index contributed by atoms with van der Waals surface area (Å²) in [6, 6.07) is 9.85. The van der Waals surface area contributed by atoms with Gasteiger partial charge in [0.1, 0.15) is 11.7 Å². The van der Waals surface area contributed by atoms with E-state index in [4.69, 9.17) is 9.47 Å². The Kier molecular flexibility index (Phi) is 4.90. The van der Waals surface area contributed by atoms with E-state index in [9.17, 15) is 9.59 Å². The van der Waals surface area contributed by atoms with Gasteiger partial charge in [-0.15, -0.1) is 0 Å². The van der Waals surface area contributed by atoms with Gasteiger partial charge in [0, 0.05) is 12.3 Å². The van der Waals surface area contributed by atoms with Crippen molar-refractivity contribution in [2.45, 2.75) is 32.5 Å². The van der Waals surface area contributed by atoms with E-state index in [1.54, 1.807) is 0 Å². The molecule has 0 N–H and O–H groups in total. The fourth-order valence-electron chi connectivity index (χ4n) is 2.73. The molecule has 1 aromatic rings. The molecule has 1 aromatic carbocycles. The number of rotatable bonds is 5. The van der Waals surface area contributed by atoms with Gasteiger partial charge in [-0.25, -0.2) is 0 Å². The Labute approximate surface area is 119 Å². The summed E-state index contributed by atoms with van der Waals surface area (Å²) in [5, 5.41) is 0. The smallest absolute Gasteiger partial charge is 0.316 e. The molecule has 0 heterocycles. The zero-order valence-electron chi connectivity index (χ0n) is 11.9. The maximum absolute atomic E-state index is 11.8. The Morgan fingerprint density at radius 2 is 2.05 bits per heavy atom. The van der Waals surface area contributed by atoms with Crippen molar-refractivity contribution >= 4 is 11.8 Å². The van der Waals surface area contributed by atoms with Gasteiger partial charge in [-0.2, -0.15) is 0 Å². The lowest BCUT2D eigenvalue weighted by molar-refractivity contribution is -0.152. The number of methoxy groups -OCH3 is 1. The molecule has 20 heavy (non-hydrogen) atoms. The van der Waals surface area contributed by atoms with E-state index >= 15 is 0 Å². The Morgan fingerprint density at radius 1 is 1.35 bits per heavy atom. The first kappa shape index (κ1) is 14.7. The second-order valence-corrected chi connectivity index (χ2v) is 5.17. The Morgan fingerprint density at radius 3 is 2.70 bits per heavy atom. The van der Waals surface area contributed by atoms with Crippen LogP contribution in [0.25, 0.3) is 0 Å². The number of carbonyl (C=O) groups excluding carboxylic acids is 2. The quantitative estimate of drug-likeness (QED) is 0.612. The normalized spacial score (nSPS) is 23.6. The van der Waals surface area contributed by atoms with Crippen molar-refractivity contribution in [2.24, 2.45) is 11.8 Å². The third-order valence-corrected chi connectivity index (χ3v) is 3.91. The van der Waals surface area contributed by atoms with E-state index in [-0.39, 0.29) is 17.8 Å². The fourth-order valence-corrected chi connectivity index (χ4v) is 2.73. The van der Waals surface area contributed by atoms with Gasteiger partial charge in [0.2, 0.25) is 0 Å². The topological polar surface area (TPSA) is 52.6 Å². The van der Waals surface area contributed by atoms with Crippen LogP contribution in [-0.2, 0) is 25.7 Å². The molecule has 2 rings (SSSR count). The van der Waals surface area contributed by atoms with Crippen LogP contribution in [0.1, 0.15) is 25.3 Å².